The SMILES string of the molecule is OC1CC(c2cccnc2)CC1O. The van der Waals surface area contributed by atoms with Gasteiger partial charge in [-0.1, -0.05) is 6.07 Å². The summed E-state index contributed by atoms with van der Waals surface area (Å²) in [6.07, 6.45) is 3.69. The van der Waals surface area contributed by atoms with Crippen LogP contribution in [0.25, 0.3) is 0 Å². The summed E-state index contributed by atoms with van der Waals surface area (Å²) in [5.74, 6) is 0.263. The van der Waals surface area contributed by atoms with Crippen LogP contribution in [0.3, 0.4) is 0 Å². The second-order valence-electron chi connectivity index (χ2n) is 3.59. The molecule has 0 saturated heterocycles. The fourth-order valence-electron chi connectivity index (χ4n) is 1.88. The van der Waals surface area contributed by atoms with Crippen LogP contribution in [0.5, 0.6) is 0 Å². The van der Waals surface area contributed by atoms with Gasteiger partial charge in [0.25, 0.3) is 0 Å². The van der Waals surface area contributed by atoms with E-state index in [2.05, 4.69) is 4.98 Å². The van der Waals surface area contributed by atoms with E-state index in [1.165, 1.54) is 0 Å². The van der Waals surface area contributed by atoms with E-state index in [0.29, 0.717) is 12.8 Å². The summed E-state index contributed by atoms with van der Waals surface area (Å²) in [4.78, 5) is 4.02. The van der Waals surface area contributed by atoms with Crippen LogP contribution in [-0.4, -0.2) is 27.4 Å². The molecule has 0 amide bonds. The van der Waals surface area contributed by atoms with E-state index >= 15 is 0 Å². The Labute approximate surface area is 77.1 Å². The molecule has 1 aromatic rings. The molecule has 0 aliphatic heterocycles. The summed E-state index contributed by atoms with van der Waals surface area (Å²) in [7, 11) is 0. The van der Waals surface area contributed by atoms with Crippen molar-refractivity contribution < 1.29 is 10.2 Å². The summed E-state index contributed by atoms with van der Waals surface area (Å²) in [5.41, 5.74) is 1.11. The molecule has 0 bridgehead atoms. The lowest BCUT2D eigenvalue weighted by atomic mass is 9.99. The molecule has 2 atom stereocenters. The predicted molar refractivity (Wildman–Crippen MR) is 48.2 cm³/mol. The van der Waals surface area contributed by atoms with Gasteiger partial charge in [0.1, 0.15) is 0 Å². The minimum absolute atomic E-state index is 0.263. The third-order valence-electron chi connectivity index (χ3n) is 2.65. The molecule has 1 saturated carbocycles. The van der Waals surface area contributed by atoms with Crippen molar-refractivity contribution in [2.75, 3.05) is 0 Å². The predicted octanol–water partition coefficient (Wildman–Crippen LogP) is 0.681. The van der Waals surface area contributed by atoms with Gasteiger partial charge in [-0.3, -0.25) is 4.98 Å². The number of aliphatic hydroxyl groups is 2. The van der Waals surface area contributed by atoms with Crippen LogP contribution < -0.4 is 0 Å². The zero-order valence-corrected chi connectivity index (χ0v) is 7.30. The molecular formula is C10H13NO2. The first kappa shape index (κ1) is 8.66. The average molecular weight is 179 g/mol. The van der Waals surface area contributed by atoms with Crippen molar-refractivity contribution in [3.63, 3.8) is 0 Å². The van der Waals surface area contributed by atoms with Crippen LogP contribution in [0.2, 0.25) is 0 Å². The van der Waals surface area contributed by atoms with Crippen LogP contribution in [0.15, 0.2) is 24.5 Å². The van der Waals surface area contributed by atoms with E-state index in [1.54, 1.807) is 12.4 Å². The first-order chi connectivity index (χ1) is 6.27. The Bertz CT molecular complexity index is 266. The van der Waals surface area contributed by atoms with Crippen molar-refractivity contribution in [3.05, 3.63) is 30.1 Å². The lowest BCUT2D eigenvalue weighted by Crippen LogP contribution is -2.17. The van der Waals surface area contributed by atoms with Crippen molar-refractivity contribution in [3.8, 4) is 0 Å². The van der Waals surface area contributed by atoms with Crippen LogP contribution in [0.4, 0.5) is 0 Å². The standard InChI is InChI=1S/C10H13NO2/c12-9-4-8(5-10(9)13)7-2-1-3-11-6-7/h1-3,6,8-10,12-13H,4-5H2. The molecule has 13 heavy (non-hydrogen) atoms. The van der Waals surface area contributed by atoms with E-state index < -0.39 is 12.2 Å². The highest BCUT2D eigenvalue weighted by Crippen LogP contribution is 2.33. The summed E-state index contributed by atoms with van der Waals surface area (Å²) >= 11 is 0. The van der Waals surface area contributed by atoms with Crippen LogP contribution in [0.1, 0.15) is 24.3 Å². The molecule has 0 spiro atoms. The fraction of sp³-hybridized carbons (Fsp3) is 0.500. The topological polar surface area (TPSA) is 53.4 Å². The molecule has 0 aromatic carbocycles. The zero-order chi connectivity index (χ0) is 9.26. The van der Waals surface area contributed by atoms with Crippen molar-refractivity contribution in [2.45, 2.75) is 31.0 Å². The molecule has 3 heteroatoms. The van der Waals surface area contributed by atoms with Gasteiger partial charge in [0.2, 0.25) is 0 Å². The minimum Gasteiger partial charge on any atom is -0.390 e. The molecule has 1 aliphatic carbocycles. The molecular weight excluding hydrogens is 166 g/mol. The summed E-state index contributed by atoms with van der Waals surface area (Å²) in [6.45, 7) is 0. The molecule has 70 valence electrons. The van der Waals surface area contributed by atoms with Crippen LogP contribution >= 0.6 is 0 Å². The van der Waals surface area contributed by atoms with Gasteiger partial charge in [-0.15, -0.1) is 0 Å². The maximum Gasteiger partial charge on any atom is 0.0805 e. The Kier molecular flexibility index (Phi) is 2.29. The van der Waals surface area contributed by atoms with E-state index in [1.807, 2.05) is 12.1 Å². The molecule has 2 N–H and O–H groups in total. The number of hydrogen-bond donors (Lipinski definition) is 2. The molecule has 0 radical (unpaired) electrons. The monoisotopic (exact) mass is 179 g/mol. The van der Waals surface area contributed by atoms with Crippen LogP contribution in [-0.2, 0) is 0 Å². The highest BCUT2D eigenvalue weighted by atomic mass is 16.3. The van der Waals surface area contributed by atoms with Crippen molar-refractivity contribution in [2.24, 2.45) is 0 Å². The second kappa shape index (κ2) is 3.44. The maximum absolute atomic E-state index is 9.36. The summed E-state index contributed by atoms with van der Waals surface area (Å²) in [5, 5.41) is 18.7. The Morgan fingerprint density at radius 1 is 1.23 bits per heavy atom. The van der Waals surface area contributed by atoms with Gasteiger partial charge in [-0.25, -0.2) is 0 Å². The number of aromatic nitrogens is 1. The smallest absolute Gasteiger partial charge is 0.0805 e. The van der Waals surface area contributed by atoms with Crippen molar-refractivity contribution in [1.82, 2.24) is 4.98 Å². The Morgan fingerprint density at radius 2 is 1.92 bits per heavy atom. The third kappa shape index (κ3) is 1.71. The van der Waals surface area contributed by atoms with Gasteiger partial charge < -0.3 is 10.2 Å². The van der Waals surface area contributed by atoms with Gasteiger partial charge in [-0.2, -0.15) is 0 Å². The van der Waals surface area contributed by atoms with E-state index in [-0.39, 0.29) is 5.92 Å². The maximum atomic E-state index is 9.36. The molecule has 2 unspecified atom stereocenters. The van der Waals surface area contributed by atoms with E-state index in [9.17, 15) is 10.2 Å². The van der Waals surface area contributed by atoms with Gasteiger partial charge >= 0.3 is 0 Å². The average Bonchev–Trinajstić information content (AvgIpc) is 2.49. The molecule has 1 aliphatic rings. The fourth-order valence-corrected chi connectivity index (χ4v) is 1.88. The van der Waals surface area contributed by atoms with Gasteiger partial charge in [-0.05, 0) is 30.4 Å². The van der Waals surface area contributed by atoms with Gasteiger partial charge in [0.15, 0.2) is 0 Å². The van der Waals surface area contributed by atoms with Gasteiger partial charge in [0.05, 0.1) is 12.2 Å². The Hall–Kier alpha value is -0.930. The van der Waals surface area contributed by atoms with Crippen molar-refractivity contribution in [1.29, 1.82) is 0 Å². The minimum atomic E-state index is -0.565. The quantitative estimate of drug-likeness (QED) is 0.666. The highest BCUT2D eigenvalue weighted by Gasteiger charge is 2.32. The number of aliphatic hydroxyl groups excluding tert-OH is 2. The molecule has 3 nitrogen and oxygen atoms in total. The van der Waals surface area contributed by atoms with E-state index in [0.717, 1.165) is 5.56 Å². The van der Waals surface area contributed by atoms with Gasteiger partial charge in [0, 0.05) is 12.4 Å². The van der Waals surface area contributed by atoms with E-state index in [4.69, 9.17) is 0 Å². The highest BCUT2D eigenvalue weighted by molar-refractivity contribution is 5.17. The number of rotatable bonds is 1. The molecule has 1 fully saturated rings. The number of nitrogens with zero attached hydrogens (tertiary/aromatic N) is 1. The third-order valence-corrected chi connectivity index (χ3v) is 2.65. The van der Waals surface area contributed by atoms with Crippen molar-refractivity contribution >= 4 is 0 Å². The van der Waals surface area contributed by atoms with Crippen LogP contribution in [0, 0.1) is 0 Å². The lowest BCUT2D eigenvalue weighted by molar-refractivity contribution is 0.0438. The number of pyridine rings is 1. The lowest BCUT2D eigenvalue weighted by Gasteiger charge is -2.07. The molecule has 1 heterocycles. The Balaban J connectivity index is 2.12. The zero-order valence-electron chi connectivity index (χ0n) is 7.30. The Morgan fingerprint density at radius 3 is 2.46 bits per heavy atom. The largest absolute Gasteiger partial charge is 0.390 e. The molecule has 2 rings (SSSR count). The molecule has 1 aromatic heterocycles. The summed E-state index contributed by atoms with van der Waals surface area (Å²) < 4.78 is 0. The first-order valence-electron chi connectivity index (χ1n) is 4.53. The number of hydrogen-bond acceptors (Lipinski definition) is 3. The normalized spacial score (nSPS) is 33.5. The second-order valence-corrected chi connectivity index (χ2v) is 3.59. The first-order valence-corrected chi connectivity index (χ1v) is 4.53. The summed E-state index contributed by atoms with van der Waals surface area (Å²) in [6, 6.07) is 3.87.